The van der Waals surface area contributed by atoms with Gasteiger partial charge in [-0.1, -0.05) is 29.8 Å². The van der Waals surface area contributed by atoms with Crippen molar-refractivity contribution in [3.05, 3.63) is 59.7 Å². The highest BCUT2D eigenvalue weighted by molar-refractivity contribution is 5.99. The van der Waals surface area contributed by atoms with Crippen LogP contribution in [0.2, 0.25) is 0 Å². The molecule has 6 nitrogen and oxygen atoms in total. The van der Waals surface area contributed by atoms with Gasteiger partial charge in [-0.15, -0.1) is 0 Å². The second-order valence-corrected chi connectivity index (χ2v) is 6.71. The van der Waals surface area contributed by atoms with Crippen LogP contribution in [0.15, 0.2) is 48.5 Å². The second-order valence-electron chi connectivity index (χ2n) is 6.71. The minimum absolute atomic E-state index is 0.0151. The zero-order valence-corrected chi connectivity index (χ0v) is 15.5. The standard InChI is InChI=1S/C21H25N3O3/c1-15-2-4-16(5-3-15)14-24-19(10-11-20(24)25)21(26)23-17-6-8-18(9-7-17)27-13-12-22/h2-9,19H,10-14,22H2,1H3,(H,23,26). The van der Waals surface area contributed by atoms with Crippen LogP contribution in [0.5, 0.6) is 5.75 Å². The topological polar surface area (TPSA) is 84.7 Å². The number of rotatable bonds is 7. The molecule has 6 heteroatoms. The summed E-state index contributed by atoms with van der Waals surface area (Å²) in [5.74, 6) is 0.556. The molecule has 1 heterocycles. The summed E-state index contributed by atoms with van der Waals surface area (Å²) in [7, 11) is 0. The molecule has 1 atom stereocenters. The molecule has 0 saturated carbocycles. The normalized spacial score (nSPS) is 16.4. The zero-order valence-electron chi connectivity index (χ0n) is 15.5. The van der Waals surface area contributed by atoms with Crippen LogP contribution in [-0.2, 0) is 16.1 Å². The third kappa shape index (κ3) is 4.86. The van der Waals surface area contributed by atoms with Crippen LogP contribution >= 0.6 is 0 Å². The van der Waals surface area contributed by atoms with Gasteiger partial charge in [0.15, 0.2) is 0 Å². The van der Waals surface area contributed by atoms with E-state index in [1.807, 2.05) is 31.2 Å². The van der Waals surface area contributed by atoms with Crippen molar-refractivity contribution in [2.75, 3.05) is 18.5 Å². The molecule has 142 valence electrons. The van der Waals surface area contributed by atoms with Crippen molar-refractivity contribution in [3.63, 3.8) is 0 Å². The van der Waals surface area contributed by atoms with Crippen LogP contribution in [0.3, 0.4) is 0 Å². The van der Waals surface area contributed by atoms with Gasteiger partial charge >= 0.3 is 0 Å². The lowest BCUT2D eigenvalue weighted by atomic mass is 10.1. The van der Waals surface area contributed by atoms with E-state index in [1.54, 1.807) is 29.2 Å². The van der Waals surface area contributed by atoms with Gasteiger partial charge in [0.1, 0.15) is 18.4 Å². The van der Waals surface area contributed by atoms with Crippen LogP contribution in [0.4, 0.5) is 5.69 Å². The predicted molar refractivity (Wildman–Crippen MR) is 104 cm³/mol. The number of carbonyl (C=O) groups excluding carboxylic acids is 2. The van der Waals surface area contributed by atoms with Gasteiger partial charge < -0.3 is 20.7 Å². The smallest absolute Gasteiger partial charge is 0.247 e. The number of hydrogen-bond acceptors (Lipinski definition) is 4. The summed E-state index contributed by atoms with van der Waals surface area (Å²) < 4.78 is 5.43. The number of nitrogens with two attached hydrogens (primary N) is 1. The molecule has 3 rings (SSSR count). The van der Waals surface area contributed by atoms with Crippen molar-refractivity contribution in [3.8, 4) is 5.75 Å². The minimum atomic E-state index is -0.452. The van der Waals surface area contributed by atoms with Crippen LogP contribution in [0.1, 0.15) is 24.0 Å². The van der Waals surface area contributed by atoms with Gasteiger partial charge in [0, 0.05) is 25.2 Å². The molecule has 1 aliphatic rings. The molecule has 0 radical (unpaired) electrons. The van der Waals surface area contributed by atoms with E-state index in [2.05, 4.69) is 5.32 Å². The number of nitrogens with one attached hydrogen (secondary N) is 1. The Kier molecular flexibility index (Phi) is 6.08. The molecule has 1 aliphatic heterocycles. The third-order valence-corrected chi connectivity index (χ3v) is 4.61. The number of hydrogen-bond donors (Lipinski definition) is 2. The average molecular weight is 367 g/mol. The number of aryl methyl sites for hydroxylation is 1. The molecule has 1 fully saturated rings. The number of benzene rings is 2. The van der Waals surface area contributed by atoms with Gasteiger partial charge in [-0.2, -0.15) is 0 Å². The summed E-state index contributed by atoms with van der Waals surface area (Å²) in [6, 6.07) is 14.7. The van der Waals surface area contributed by atoms with Crippen LogP contribution in [0.25, 0.3) is 0 Å². The molecule has 0 bridgehead atoms. The maximum atomic E-state index is 12.7. The van der Waals surface area contributed by atoms with Gasteiger partial charge in [0.25, 0.3) is 0 Å². The number of likely N-dealkylation sites (tertiary alicyclic amines) is 1. The predicted octanol–water partition coefficient (Wildman–Crippen LogP) is 2.46. The lowest BCUT2D eigenvalue weighted by Crippen LogP contribution is -2.41. The summed E-state index contributed by atoms with van der Waals surface area (Å²) >= 11 is 0. The number of amides is 2. The highest BCUT2D eigenvalue weighted by atomic mass is 16.5. The van der Waals surface area contributed by atoms with E-state index in [-0.39, 0.29) is 11.8 Å². The van der Waals surface area contributed by atoms with E-state index in [1.165, 1.54) is 5.56 Å². The van der Waals surface area contributed by atoms with Crippen molar-refractivity contribution >= 4 is 17.5 Å². The fraction of sp³-hybridized carbons (Fsp3) is 0.333. The fourth-order valence-corrected chi connectivity index (χ4v) is 3.13. The molecular formula is C21H25N3O3. The molecule has 1 saturated heterocycles. The van der Waals surface area contributed by atoms with E-state index in [9.17, 15) is 9.59 Å². The maximum Gasteiger partial charge on any atom is 0.247 e. The van der Waals surface area contributed by atoms with Crippen molar-refractivity contribution in [1.29, 1.82) is 0 Å². The van der Waals surface area contributed by atoms with Crippen LogP contribution < -0.4 is 15.8 Å². The summed E-state index contributed by atoms with van der Waals surface area (Å²) in [5.41, 5.74) is 8.28. The molecule has 1 unspecified atom stereocenters. The molecule has 2 aromatic rings. The first-order chi connectivity index (χ1) is 13.1. The summed E-state index contributed by atoms with van der Waals surface area (Å²) in [4.78, 5) is 26.7. The second kappa shape index (κ2) is 8.68. The molecule has 0 spiro atoms. The van der Waals surface area contributed by atoms with Crippen molar-refractivity contribution in [2.45, 2.75) is 32.4 Å². The average Bonchev–Trinajstić information content (AvgIpc) is 3.03. The fourth-order valence-electron chi connectivity index (χ4n) is 3.13. The van der Waals surface area contributed by atoms with Crippen molar-refractivity contribution in [2.24, 2.45) is 5.73 Å². The molecule has 0 aliphatic carbocycles. The quantitative estimate of drug-likeness (QED) is 0.787. The van der Waals surface area contributed by atoms with E-state index < -0.39 is 6.04 Å². The Morgan fingerprint density at radius 2 is 1.89 bits per heavy atom. The summed E-state index contributed by atoms with van der Waals surface area (Å²) in [5, 5.41) is 2.90. The van der Waals surface area contributed by atoms with Crippen molar-refractivity contribution < 1.29 is 14.3 Å². The van der Waals surface area contributed by atoms with E-state index >= 15 is 0 Å². The van der Waals surface area contributed by atoms with E-state index in [0.29, 0.717) is 44.0 Å². The zero-order chi connectivity index (χ0) is 19.2. The van der Waals surface area contributed by atoms with Gasteiger partial charge in [-0.05, 0) is 43.2 Å². The Labute approximate surface area is 159 Å². The third-order valence-electron chi connectivity index (χ3n) is 4.61. The van der Waals surface area contributed by atoms with Gasteiger partial charge in [-0.3, -0.25) is 9.59 Å². The highest BCUT2D eigenvalue weighted by Gasteiger charge is 2.35. The number of ether oxygens (including phenoxy) is 1. The maximum absolute atomic E-state index is 12.7. The summed E-state index contributed by atoms with van der Waals surface area (Å²) in [6.07, 6.45) is 0.935. The first kappa shape index (κ1) is 18.9. The monoisotopic (exact) mass is 367 g/mol. The molecule has 0 aromatic heterocycles. The van der Waals surface area contributed by atoms with E-state index in [4.69, 9.17) is 10.5 Å². The van der Waals surface area contributed by atoms with Crippen LogP contribution in [0, 0.1) is 6.92 Å². The Hall–Kier alpha value is -2.86. The van der Waals surface area contributed by atoms with Gasteiger partial charge in [0.2, 0.25) is 11.8 Å². The lowest BCUT2D eigenvalue weighted by molar-refractivity contribution is -0.133. The van der Waals surface area contributed by atoms with Crippen LogP contribution in [-0.4, -0.2) is 35.9 Å². The summed E-state index contributed by atoms with van der Waals surface area (Å²) in [6.45, 7) is 3.37. The van der Waals surface area contributed by atoms with Gasteiger partial charge in [0.05, 0.1) is 0 Å². The van der Waals surface area contributed by atoms with Crippen molar-refractivity contribution in [1.82, 2.24) is 4.90 Å². The Balaban J connectivity index is 1.63. The first-order valence-corrected chi connectivity index (χ1v) is 9.15. The highest BCUT2D eigenvalue weighted by Crippen LogP contribution is 2.24. The molecular weight excluding hydrogens is 342 g/mol. The molecule has 2 aromatic carbocycles. The number of anilines is 1. The SMILES string of the molecule is Cc1ccc(CN2C(=O)CCC2C(=O)Nc2ccc(OCCN)cc2)cc1. The molecule has 3 N–H and O–H groups in total. The molecule has 27 heavy (non-hydrogen) atoms. The van der Waals surface area contributed by atoms with E-state index in [0.717, 1.165) is 5.56 Å². The first-order valence-electron chi connectivity index (χ1n) is 9.15. The Morgan fingerprint density at radius 1 is 1.19 bits per heavy atom. The number of nitrogens with zero attached hydrogens (tertiary/aromatic N) is 1. The lowest BCUT2D eigenvalue weighted by Gasteiger charge is -2.24. The Morgan fingerprint density at radius 3 is 2.56 bits per heavy atom. The largest absolute Gasteiger partial charge is 0.492 e. The molecule has 2 amide bonds. The Bertz CT molecular complexity index is 787. The minimum Gasteiger partial charge on any atom is -0.492 e. The number of carbonyl (C=O) groups is 2. The van der Waals surface area contributed by atoms with Gasteiger partial charge in [-0.25, -0.2) is 0 Å².